The maximum absolute atomic E-state index is 9.41. The molecule has 2 rings (SSSR count). The van der Waals surface area contributed by atoms with Crippen LogP contribution in [0.15, 0.2) is 48.5 Å². The van der Waals surface area contributed by atoms with Crippen LogP contribution >= 0.6 is 0 Å². The van der Waals surface area contributed by atoms with E-state index in [4.69, 9.17) is 9.47 Å². The van der Waals surface area contributed by atoms with Crippen molar-refractivity contribution in [2.45, 2.75) is 25.7 Å². The van der Waals surface area contributed by atoms with Crippen molar-refractivity contribution >= 4 is 0 Å². The summed E-state index contributed by atoms with van der Waals surface area (Å²) in [5, 5.41) is 9.41. The van der Waals surface area contributed by atoms with Crippen molar-refractivity contribution in [1.29, 1.82) is 5.26 Å². The Balaban J connectivity index is 1.90. The van der Waals surface area contributed by atoms with Gasteiger partial charge in [0.25, 0.3) is 0 Å². The lowest BCUT2D eigenvalue weighted by Crippen LogP contribution is -2.04. The molecule has 2 aromatic rings. The van der Waals surface area contributed by atoms with Crippen LogP contribution in [-0.4, -0.2) is 13.7 Å². The lowest BCUT2D eigenvalue weighted by atomic mass is 9.95. The summed E-state index contributed by atoms with van der Waals surface area (Å²) in [5.41, 5.74) is 2.08. The van der Waals surface area contributed by atoms with Crippen molar-refractivity contribution < 1.29 is 9.47 Å². The van der Waals surface area contributed by atoms with Crippen LogP contribution in [-0.2, 0) is 0 Å². The molecule has 0 aliphatic rings. The van der Waals surface area contributed by atoms with Gasteiger partial charge in [-0.15, -0.1) is 0 Å². The minimum atomic E-state index is -0.170. The summed E-state index contributed by atoms with van der Waals surface area (Å²) < 4.78 is 11.1. The van der Waals surface area contributed by atoms with Gasteiger partial charge >= 0.3 is 0 Å². The largest absolute Gasteiger partial charge is 0.496 e. The van der Waals surface area contributed by atoms with E-state index in [9.17, 15) is 5.26 Å². The van der Waals surface area contributed by atoms with E-state index in [1.54, 1.807) is 7.11 Å². The van der Waals surface area contributed by atoms with E-state index in [1.807, 2.05) is 55.5 Å². The van der Waals surface area contributed by atoms with E-state index in [0.717, 1.165) is 35.5 Å². The predicted molar refractivity (Wildman–Crippen MR) is 87.3 cm³/mol. The van der Waals surface area contributed by atoms with Gasteiger partial charge in [-0.05, 0) is 37.5 Å². The fourth-order valence-corrected chi connectivity index (χ4v) is 2.43. The number of aryl methyl sites for hydroxylation is 1. The Bertz CT molecular complexity index is 646. The first-order valence-corrected chi connectivity index (χ1v) is 7.47. The fourth-order valence-electron chi connectivity index (χ4n) is 2.43. The lowest BCUT2D eigenvalue weighted by molar-refractivity contribution is 0.302. The van der Waals surface area contributed by atoms with Gasteiger partial charge in [-0.3, -0.25) is 0 Å². The van der Waals surface area contributed by atoms with Crippen molar-refractivity contribution in [1.82, 2.24) is 0 Å². The Kier molecular flexibility index (Phi) is 5.85. The summed E-state index contributed by atoms with van der Waals surface area (Å²) in [6.45, 7) is 2.64. The van der Waals surface area contributed by atoms with E-state index in [0.29, 0.717) is 6.61 Å². The molecule has 0 heterocycles. The molecule has 0 saturated heterocycles. The molecule has 1 atom stereocenters. The average Bonchev–Trinajstić information content (AvgIpc) is 2.56. The van der Waals surface area contributed by atoms with Gasteiger partial charge in [0.1, 0.15) is 11.5 Å². The smallest absolute Gasteiger partial charge is 0.123 e. The van der Waals surface area contributed by atoms with Gasteiger partial charge in [-0.1, -0.05) is 36.4 Å². The molecular weight excluding hydrogens is 274 g/mol. The number of hydrogen-bond acceptors (Lipinski definition) is 3. The van der Waals surface area contributed by atoms with E-state index in [-0.39, 0.29) is 5.92 Å². The number of nitrogens with zero attached hydrogens (tertiary/aromatic N) is 1. The molecule has 0 amide bonds. The van der Waals surface area contributed by atoms with Crippen LogP contribution in [0.4, 0.5) is 0 Å². The number of hydrogen-bond donors (Lipinski definition) is 0. The van der Waals surface area contributed by atoms with Crippen LogP contribution in [0.3, 0.4) is 0 Å². The van der Waals surface area contributed by atoms with Crippen molar-refractivity contribution in [3.8, 4) is 17.6 Å². The van der Waals surface area contributed by atoms with E-state index >= 15 is 0 Å². The van der Waals surface area contributed by atoms with Gasteiger partial charge in [0.2, 0.25) is 0 Å². The average molecular weight is 295 g/mol. The summed E-state index contributed by atoms with van der Waals surface area (Å²) >= 11 is 0. The minimum Gasteiger partial charge on any atom is -0.496 e. The van der Waals surface area contributed by atoms with Crippen molar-refractivity contribution in [3.05, 3.63) is 59.7 Å². The number of para-hydroxylation sites is 2. The summed E-state index contributed by atoms with van der Waals surface area (Å²) in [4.78, 5) is 0. The van der Waals surface area contributed by atoms with Crippen LogP contribution < -0.4 is 9.47 Å². The first kappa shape index (κ1) is 15.9. The zero-order chi connectivity index (χ0) is 15.8. The molecule has 0 fully saturated rings. The second-order valence-electron chi connectivity index (χ2n) is 5.18. The fraction of sp³-hybridized carbons (Fsp3) is 0.316. The molecule has 0 aromatic heterocycles. The van der Waals surface area contributed by atoms with Crippen LogP contribution in [0.1, 0.15) is 29.9 Å². The van der Waals surface area contributed by atoms with Gasteiger partial charge in [0.15, 0.2) is 0 Å². The monoisotopic (exact) mass is 295 g/mol. The molecule has 0 aliphatic heterocycles. The number of nitriles is 1. The molecule has 1 unspecified atom stereocenters. The van der Waals surface area contributed by atoms with Crippen LogP contribution in [0, 0.1) is 18.3 Å². The molecule has 0 radical (unpaired) electrons. The molecular formula is C19H21NO2. The van der Waals surface area contributed by atoms with Crippen molar-refractivity contribution in [2.75, 3.05) is 13.7 Å². The molecule has 3 heteroatoms. The highest BCUT2D eigenvalue weighted by Gasteiger charge is 2.14. The van der Waals surface area contributed by atoms with E-state index < -0.39 is 0 Å². The Morgan fingerprint density at radius 2 is 1.73 bits per heavy atom. The van der Waals surface area contributed by atoms with Gasteiger partial charge < -0.3 is 9.47 Å². The quantitative estimate of drug-likeness (QED) is 0.708. The molecule has 2 aromatic carbocycles. The zero-order valence-corrected chi connectivity index (χ0v) is 13.1. The van der Waals surface area contributed by atoms with E-state index in [2.05, 4.69) is 6.07 Å². The zero-order valence-electron chi connectivity index (χ0n) is 13.1. The Labute approximate surface area is 132 Å². The second-order valence-corrected chi connectivity index (χ2v) is 5.18. The van der Waals surface area contributed by atoms with Crippen LogP contribution in [0.25, 0.3) is 0 Å². The second kappa shape index (κ2) is 8.09. The first-order chi connectivity index (χ1) is 10.8. The number of rotatable bonds is 7. The molecule has 3 nitrogen and oxygen atoms in total. The van der Waals surface area contributed by atoms with Crippen LogP contribution in [0.2, 0.25) is 0 Å². The maximum Gasteiger partial charge on any atom is 0.123 e. The lowest BCUT2D eigenvalue weighted by Gasteiger charge is -2.14. The Morgan fingerprint density at radius 3 is 2.41 bits per heavy atom. The van der Waals surface area contributed by atoms with E-state index in [1.165, 1.54) is 0 Å². The first-order valence-electron chi connectivity index (χ1n) is 7.47. The van der Waals surface area contributed by atoms with Gasteiger partial charge in [-0.25, -0.2) is 0 Å². The third-order valence-corrected chi connectivity index (χ3v) is 3.66. The molecule has 0 saturated carbocycles. The SMILES string of the molecule is COc1ccccc1C(C#N)CCCOc1ccccc1C. The number of ether oxygens (including phenoxy) is 2. The topological polar surface area (TPSA) is 42.2 Å². The molecule has 114 valence electrons. The maximum atomic E-state index is 9.41. The van der Waals surface area contributed by atoms with Gasteiger partial charge in [0.05, 0.1) is 25.7 Å². The summed E-state index contributed by atoms with van der Waals surface area (Å²) in [6.07, 6.45) is 1.58. The standard InChI is InChI=1S/C19H21NO2/c1-15-8-3-5-11-18(15)22-13-7-9-16(14-20)17-10-4-6-12-19(17)21-2/h3-6,8,10-12,16H,7,9,13H2,1-2H3. The molecule has 0 aliphatic carbocycles. The molecule has 0 spiro atoms. The van der Waals surface area contributed by atoms with Gasteiger partial charge in [-0.2, -0.15) is 5.26 Å². The molecule has 22 heavy (non-hydrogen) atoms. The third kappa shape index (κ3) is 4.02. The predicted octanol–water partition coefficient (Wildman–Crippen LogP) is 4.47. The number of methoxy groups -OCH3 is 1. The Hall–Kier alpha value is -2.47. The summed E-state index contributed by atoms with van der Waals surface area (Å²) in [5.74, 6) is 1.51. The third-order valence-electron chi connectivity index (χ3n) is 3.66. The van der Waals surface area contributed by atoms with Gasteiger partial charge in [0, 0.05) is 5.56 Å². The highest BCUT2D eigenvalue weighted by Crippen LogP contribution is 2.29. The summed E-state index contributed by atoms with van der Waals surface area (Å²) in [7, 11) is 1.63. The summed E-state index contributed by atoms with van der Waals surface area (Å²) in [6, 6.07) is 18.0. The normalized spacial score (nSPS) is 11.5. The molecule has 0 bridgehead atoms. The molecule has 0 N–H and O–H groups in total. The minimum absolute atomic E-state index is 0.170. The number of benzene rings is 2. The highest BCUT2D eigenvalue weighted by atomic mass is 16.5. The highest BCUT2D eigenvalue weighted by molar-refractivity contribution is 5.39. The van der Waals surface area contributed by atoms with Crippen LogP contribution in [0.5, 0.6) is 11.5 Å². The Morgan fingerprint density at radius 1 is 1.05 bits per heavy atom. The van der Waals surface area contributed by atoms with Crippen molar-refractivity contribution in [3.63, 3.8) is 0 Å². The van der Waals surface area contributed by atoms with Crippen molar-refractivity contribution in [2.24, 2.45) is 0 Å².